The third kappa shape index (κ3) is 2.27. The number of hydrogen-bond acceptors (Lipinski definition) is 5. The van der Waals surface area contributed by atoms with Crippen molar-refractivity contribution in [2.75, 3.05) is 20.6 Å². The fourth-order valence-corrected chi connectivity index (χ4v) is 3.35. The molecule has 0 aliphatic heterocycles. The first-order valence-corrected chi connectivity index (χ1v) is 7.47. The minimum absolute atomic E-state index is 0.481. The molecular formula is C10H19N5O2S. The summed E-state index contributed by atoms with van der Waals surface area (Å²) in [7, 11) is 0.311. The third-order valence-corrected chi connectivity index (χ3v) is 5.19. The summed E-state index contributed by atoms with van der Waals surface area (Å²) in [5.74, 6) is 0. The summed E-state index contributed by atoms with van der Waals surface area (Å²) < 4.78 is 24.1. The quantitative estimate of drug-likeness (QED) is 0.781. The van der Waals surface area contributed by atoms with Crippen LogP contribution in [0.4, 0.5) is 0 Å². The zero-order valence-electron chi connectivity index (χ0n) is 10.7. The molecule has 0 aromatic carbocycles. The summed E-state index contributed by atoms with van der Waals surface area (Å²) in [5, 5.41) is 13.3. The molecule has 1 saturated carbocycles. The van der Waals surface area contributed by atoms with Gasteiger partial charge in [-0.25, -0.2) is 13.6 Å². The predicted octanol–water partition coefficient (Wildman–Crippen LogP) is -0.493. The molecule has 1 aliphatic carbocycles. The van der Waals surface area contributed by atoms with Gasteiger partial charge in [-0.3, -0.25) is 4.68 Å². The van der Waals surface area contributed by atoms with Crippen molar-refractivity contribution in [3.05, 3.63) is 11.9 Å². The fraction of sp³-hybridized carbons (Fsp3) is 0.800. The summed E-state index contributed by atoms with van der Waals surface area (Å²) in [5.41, 5.74) is 0.481. The maximum absolute atomic E-state index is 11.7. The Kier molecular flexibility index (Phi) is 3.43. The Morgan fingerprint density at radius 2 is 2.17 bits per heavy atom. The average molecular weight is 273 g/mol. The summed E-state index contributed by atoms with van der Waals surface area (Å²) in [6, 6.07) is 0. The molecule has 1 aromatic heterocycles. The van der Waals surface area contributed by atoms with Crippen LogP contribution in [0, 0.1) is 0 Å². The van der Waals surface area contributed by atoms with E-state index in [4.69, 9.17) is 5.14 Å². The highest BCUT2D eigenvalue weighted by Crippen LogP contribution is 2.45. The summed E-state index contributed by atoms with van der Waals surface area (Å²) in [4.78, 5) is 2.03. The second-order valence-electron chi connectivity index (χ2n) is 5.06. The van der Waals surface area contributed by atoms with Crippen molar-refractivity contribution in [1.82, 2.24) is 19.9 Å². The Balaban J connectivity index is 2.19. The van der Waals surface area contributed by atoms with E-state index in [-0.39, 0.29) is 0 Å². The molecule has 0 radical (unpaired) electrons. The van der Waals surface area contributed by atoms with Crippen LogP contribution in [-0.4, -0.2) is 49.0 Å². The van der Waals surface area contributed by atoms with Gasteiger partial charge in [0.25, 0.3) is 0 Å². The first-order valence-electron chi connectivity index (χ1n) is 5.93. The SMILES string of the molecule is CN(C)CCn1cc(C2(S(N)(=O)=O)CCC2)nn1. The smallest absolute Gasteiger partial charge is 0.220 e. The molecule has 1 fully saturated rings. The summed E-state index contributed by atoms with van der Waals surface area (Å²) in [6.07, 6.45) is 3.64. The minimum Gasteiger partial charge on any atom is -0.308 e. The van der Waals surface area contributed by atoms with Crippen molar-refractivity contribution in [3.63, 3.8) is 0 Å². The largest absolute Gasteiger partial charge is 0.308 e. The van der Waals surface area contributed by atoms with Crippen LogP contribution in [0.2, 0.25) is 0 Å². The molecule has 7 nitrogen and oxygen atoms in total. The highest BCUT2D eigenvalue weighted by molar-refractivity contribution is 7.90. The lowest BCUT2D eigenvalue weighted by Crippen LogP contribution is -2.46. The topological polar surface area (TPSA) is 94.1 Å². The highest BCUT2D eigenvalue weighted by Gasteiger charge is 2.50. The van der Waals surface area contributed by atoms with Crippen LogP contribution in [0.25, 0.3) is 0 Å². The number of rotatable bonds is 5. The van der Waals surface area contributed by atoms with Gasteiger partial charge in [-0.2, -0.15) is 0 Å². The van der Waals surface area contributed by atoms with Crippen LogP contribution >= 0.6 is 0 Å². The van der Waals surface area contributed by atoms with Gasteiger partial charge in [0.2, 0.25) is 10.0 Å². The van der Waals surface area contributed by atoms with Crippen molar-refractivity contribution in [1.29, 1.82) is 0 Å². The van der Waals surface area contributed by atoms with E-state index in [9.17, 15) is 8.42 Å². The molecule has 102 valence electrons. The van der Waals surface area contributed by atoms with E-state index in [1.807, 2.05) is 19.0 Å². The molecule has 18 heavy (non-hydrogen) atoms. The van der Waals surface area contributed by atoms with E-state index < -0.39 is 14.8 Å². The zero-order valence-corrected chi connectivity index (χ0v) is 11.5. The molecule has 1 heterocycles. The first kappa shape index (κ1) is 13.4. The second kappa shape index (κ2) is 4.60. The number of likely N-dealkylation sites (N-methyl/N-ethyl adjacent to an activating group) is 1. The normalized spacial score (nSPS) is 18.9. The highest BCUT2D eigenvalue weighted by atomic mass is 32.2. The lowest BCUT2D eigenvalue weighted by atomic mass is 9.82. The van der Waals surface area contributed by atoms with Crippen LogP contribution in [0.3, 0.4) is 0 Å². The maximum Gasteiger partial charge on any atom is 0.220 e. The molecule has 2 N–H and O–H groups in total. The summed E-state index contributed by atoms with van der Waals surface area (Å²) in [6.45, 7) is 1.51. The Labute approximate surface area is 107 Å². The van der Waals surface area contributed by atoms with Gasteiger partial charge in [0.15, 0.2) is 0 Å². The van der Waals surface area contributed by atoms with E-state index in [2.05, 4.69) is 10.3 Å². The predicted molar refractivity (Wildman–Crippen MR) is 67.2 cm³/mol. The number of hydrogen-bond donors (Lipinski definition) is 1. The van der Waals surface area contributed by atoms with E-state index in [1.54, 1.807) is 10.9 Å². The van der Waals surface area contributed by atoms with Gasteiger partial charge in [0.1, 0.15) is 10.4 Å². The van der Waals surface area contributed by atoms with Crippen molar-refractivity contribution in [2.24, 2.45) is 5.14 Å². The van der Waals surface area contributed by atoms with Crippen LogP contribution < -0.4 is 5.14 Å². The van der Waals surface area contributed by atoms with Crippen LogP contribution in [0.5, 0.6) is 0 Å². The van der Waals surface area contributed by atoms with Gasteiger partial charge in [0.05, 0.1) is 12.7 Å². The van der Waals surface area contributed by atoms with Crippen molar-refractivity contribution in [3.8, 4) is 0 Å². The van der Waals surface area contributed by atoms with Gasteiger partial charge < -0.3 is 4.90 Å². The van der Waals surface area contributed by atoms with E-state index >= 15 is 0 Å². The molecule has 8 heteroatoms. The van der Waals surface area contributed by atoms with Crippen LogP contribution in [-0.2, 0) is 21.3 Å². The molecule has 1 aliphatic rings. The number of nitrogens with two attached hydrogens (primary N) is 1. The molecule has 0 bridgehead atoms. The van der Waals surface area contributed by atoms with Crippen LogP contribution in [0.15, 0.2) is 6.20 Å². The van der Waals surface area contributed by atoms with E-state index in [0.29, 0.717) is 25.1 Å². The molecule has 0 spiro atoms. The number of nitrogens with zero attached hydrogens (tertiary/aromatic N) is 4. The number of primary sulfonamides is 1. The monoisotopic (exact) mass is 273 g/mol. The Morgan fingerprint density at radius 1 is 1.50 bits per heavy atom. The molecule has 0 saturated heterocycles. The second-order valence-corrected chi connectivity index (χ2v) is 6.93. The number of aromatic nitrogens is 3. The average Bonchev–Trinajstić information content (AvgIpc) is 2.59. The van der Waals surface area contributed by atoms with Gasteiger partial charge in [-0.15, -0.1) is 5.10 Å². The van der Waals surface area contributed by atoms with Gasteiger partial charge in [-0.05, 0) is 33.4 Å². The van der Waals surface area contributed by atoms with Crippen molar-refractivity contribution in [2.45, 2.75) is 30.6 Å². The standard InChI is InChI=1S/C10H19N5O2S/c1-14(2)6-7-15-8-9(12-13-15)10(4-3-5-10)18(11,16)17/h8H,3-7H2,1-2H3,(H2,11,16,17). The molecular weight excluding hydrogens is 254 g/mol. The maximum atomic E-state index is 11.7. The molecule has 0 unspecified atom stereocenters. The van der Waals surface area contributed by atoms with Crippen molar-refractivity contribution >= 4 is 10.0 Å². The van der Waals surface area contributed by atoms with E-state index in [0.717, 1.165) is 13.0 Å². The Morgan fingerprint density at radius 3 is 2.61 bits per heavy atom. The molecule has 0 amide bonds. The Hall–Kier alpha value is -0.990. The van der Waals surface area contributed by atoms with Gasteiger partial charge in [-0.1, -0.05) is 5.21 Å². The van der Waals surface area contributed by atoms with Crippen LogP contribution in [0.1, 0.15) is 25.0 Å². The zero-order chi connectivity index (χ0) is 13.4. The lowest BCUT2D eigenvalue weighted by Gasteiger charge is -2.37. The first-order chi connectivity index (χ1) is 8.35. The van der Waals surface area contributed by atoms with Crippen molar-refractivity contribution < 1.29 is 8.42 Å². The molecule has 1 aromatic rings. The third-order valence-electron chi connectivity index (χ3n) is 3.49. The minimum atomic E-state index is -3.62. The lowest BCUT2D eigenvalue weighted by molar-refractivity contribution is 0.337. The van der Waals surface area contributed by atoms with Gasteiger partial charge >= 0.3 is 0 Å². The molecule has 2 rings (SSSR count). The molecule has 0 atom stereocenters. The van der Waals surface area contributed by atoms with Gasteiger partial charge in [0, 0.05) is 6.54 Å². The van der Waals surface area contributed by atoms with E-state index in [1.165, 1.54) is 0 Å². The Bertz CT molecular complexity index is 518. The number of sulfonamides is 1. The fourth-order valence-electron chi connectivity index (χ4n) is 2.10. The summed E-state index contributed by atoms with van der Waals surface area (Å²) >= 11 is 0.